The molecular weight excluding hydrogens is 192 g/mol. The first kappa shape index (κ1) is 7.48. The third-order valence-electron chi connectivity index (χ3n) is 1.20. The summed E-state index contributed by atoms with van der Waals surface area (Å²) < 4.78 is 0.612. The number of hydrogen-bond donors (Lipinski definition) is 0. The minimum absolute atomic E-state index is 0.0301. The van der Waals surface area contributed by atoms with Crippen molar-refractivity contribution in [3.8, 4) is 0 Å². The van der Waals surface area contributed by atoms with Gasteiger partial charge in [-0.25, -0.2) is 0 Å². The number of rotatable bonds is 0. The Labute approximate surface area is 67.8 Å². The molecule has 10 heavy (non-hydrogen) atoms. The number of aryl methyl sites for hydroxylation is 1. The van der Waals surface area contributed by atoms with Gasteiger partial charge in [0.1, 0.15) is 0 Å². The van der Waals surface area contributed by atoms with Crippen molar-refractivity contribution in [2.75, 3.05) is 0 Å². The van der Waals surface area contributed by atoms with E-state index in [2.05, 4.69) is 15.9 Å². The van der Waals surface area contributed by atoms with E-state index in [-0.39, 0.29) is 5.43 Å². The number of hydrogen-bond acceptors (Lipinski definition) is 1. The molecule has 1 aromatic carbocycles. The Morgan fingerprint density at radius 1 is 1.40 bits per heavy atom. The molecule has 0 bridgehead atoms. The van der Waals surface area contributed by atoms with Crippen LogP contribution in [0.1, 0.15) is 5.56 Å². The smallest absolute Gasteiger partial charge is 0.193 e. The van der Waals surface area contributed by atoms with Crippen molar-refractivity contribution in [3.05, 3.63) is 44.5 Å². The van der Waals surface area contributed by atoms with Crippen LogP contribution in [0.15, 0.2) is 33.5 Å². The third-order valence-corrected chi connectivity index (χ3v) is 1.85. The summed E-state index contributed by atoms with van der Waals surface area (Å²) in [7, 11) is 0. The summed E-state index contributed by atoms with van der Waals surface area (Å²) >= 11 is 3.15. The molecule has 0 amide bonds. The molecule has 2 heteroatoms. The molecule has 52 valence electrons. The molecule has 0 aliphatic heterocycles. The Morgan fingerprint density at radius 3 is 2.80 bits per heavy atom. The minimum atomic E-state index is 0.0301. The highest BCUT2D eigenvalue weighted by Gasteiger charge is 1.89. The molecule has 0 saturated carbocycles. The van der Waals surface area contributed by atoms with Crippen molar-refractivity contribution < 1.29 is 0 Å². The standard InChI is InChI=1S/C8H7BrO/c1-6-3-2-4-7(9)8(10)5-6/h2-5H,1H3. The molecule has 0 N–H and O–H groups in total. The Balaban J connectivity index is 3.46. The molecule has 0 heterocycles. The average Bonchev–Trinajstić information content (AvgIpc) is 1.96. The van der Waals surface area contributed by atoms with E-state index < -0.39 is 0 Å². The van der Waals surface area contributed by atoms with Crippen LogP contribution in [0.3, 0.4) is 0 Å². The fraction of sp³-hybridized carbons (Fsp3) is 0.125. The Bertz CT molecular complexity index is 293. The summed E-state index contributed by atoms with van der Waals surface area (Å²) in [4.78, 5) is 11.0. The highest BCUT2D eigenvalue weighted by Crippen LogP contribution is 2.00. The van der Waals surface area contributed by atoms with Crippen LogP contribution in [0.2, 0.25) is 0 Å². The maximum absolute atomic E-state index is 11.0. The summed E-state index contributed by atoms with van der Waals surface area (Å²) in [6, 6.07) is 7.09. The van der Waals surface area contributed by atoms with E-state index in [1.807, 2.05) is 19.1 Å². The van der Waals surface area contributed by atoms with Gasteiger partial charge >= 0.3 is 0 Å². The lowest BCUT2D eigenvalue weighted by atomic mass is 10.3. The maximum atomic E-state index is 11.0. The second-order valence-corrected chi connectivity index (χ2v) is 2.98. The zero-order valence-electron chi connectivity index (χ0n) is 5.60. The molecule has 0 spiro atoms. The van der Waals surface area contributed by atoms with Gasteiger partial charge in [0.25, 0.3) is 0 Å². The zero-order chi connectivity index (χ0) is 7.56. The lowest BCUT2D eigenvalue weighted by Gasteiger charge is -1.75. The predicted octanol–water partition coefficient (Wildman–Crippen LogP) is 2.12. The van der Waals surface area contributed by atoms with Crippen LogP contribution in [0.5, 0.6) is 0 Å². The summed E-state index contributed by atoms with van der Waals surface area (Å²) in [6.45, 7) is 1.90. The van der Waals surface area contributed by atoms with Gasteiger partial charge < -0.3 is 0 Å². The van der Waals surface area contributed by atoms with Crippen LogP contribution in [0, 0.1) is 6.92 Å². The predicted molar refractivity (Wildman–Crippen MR) is 45.1 cm³/mol. The molecule has 0 aliphatic carbocycles. The van der Waals surface area contributed by atoms with E-state index in [0.29, 0.717) is 4.47 Å². The monoisotopic (exact) mass is 198 g/mol. The molecule has 1 rings (SSSR count). The molecule has 0 radical (unpaired) electrons. The van der Waals surface area contributed by atoms with Crippen LogP contribution in [-0.2, 0) is 0 Å². The molecule has 0 unspecified atom stereocenters. The van der Waals surface area contributed by atoms with Gasteiger partial charge in [-0.15, -0.1) is 0 Å². The topological polar surface area (TPSA) is 17.1 Å². The van der Waals surface area contributed by atoms with Gasteiger partial charge in [-0.2, -0.15) is 0 Å². The maximum Gasteiger partial charge on any atom is 0.193 e. The second-order valence-electron chi connectivity index (χ2n) is 2.13. The molecule has 0 atom stereocenters. The normalized spacial score (nSPS) is 9.40. The van der Waals surface area contributed by atoms with Crippen LogP contribution in [0.4, 0.5) is 0 Å². The minimum Gasteiger partial charge on any atom is -0.289 e. The highest BCUT2D eigenvalue weighted by molar-refractivity contribution is 9.10. The van der Waals surface area contributed by atoms with E-state index in [4.69, 9.17) is 0 Å². The SMILES string of the molecule is Cc1cccc(Br)c(=O)c1. The van der Waals surface area contributed by atoms with E-state index in [1.165, 1.54) is 0 Å². The van der Waals surface area contributed by atoms with Gasteiger partial charge in [-0.3, -0.25) is 4.79 Å². The first-order chi connectivity index (χ1) is 4.70. The van der Waals surface area contributed by atoms with Crippen LogP contribution < -0.4 is 5.43 Å². The van der Waals surface area contributed by atoms with Crippen molar-refractivity contribution in [2.24, 2.45) is 0 Å². The van der Waals surface area contributed by atoms with Gasteiger partial charge in [-0.05, 0) is 40.5 Å². The third kappa shape index (κ3) is 1.67. The van der Waals surface area contributed by atoms with E-state index in [1.54, 1.807) is 12.1 Å². The molecule has 0 fully saturated rings. The van der Waals surface area contributed by atoms with Gasteiger partial charge in [-0.1, -0.05) is 12.1 Å². The van der Waals surface area contributed by atoms with Gasteiger partial charge in [0, 0.05) is 0 Å². The van der Waals surface area contributed by atoms with E-state index in [9.17, 15) is 4.79 Å². The highest BCUT2D eigenvalue weighted by atomic mass is 79.9. The summed E-state index contributed by atoms with van der Waals surface area (Å²) in [6.07, 6.45) is 0. The molecule has 1 aromatic rings. The first-order valence-corrected chi connectivity index (χ1v) is 3.76. The van der Waals surface area contributed by atoms with Crippen LogP contribution in [-0.4, -0.2) is 0 Å². The van der Waals surface area contributed by atoms with Gasteiger partial charge in [0.2, 0.25) is 0 Å². The van der Waals surface area contributed by atoms with Crippen LogP contribution in [0.25, 0.3) is 0 Å². The van der Waals surface area contributed by atoms with Crippen molar-refractivity contribution in [1.29, 1.82) is 0 Å². The lowest BCUT2D eigenvalue weighted by molar-refractivity contribution is 1.48. The molecular formula is C8H7BrO. The van der Waals surface area contributed by atoms with Crippen molar-refractivity contribution in [1.82, 2.24) is 0 Å². The van der Waals surface area contributed by atoms with Gasteiger partial charge in [0.05, 0.1) is 4.47 Å². The Morgan fingerprint density at radius 2 is 2.10 bits per heavy atom. The molecule has 0 aliphatic rings. The molecule has 0 saturated heterocycles. The van der Waals surface area contributed by atoms with Gasteiger partial charge in [0.15, 0.2) is 5.43 Å². The quantitative estimate of drug-likeness (QED) is 0.625. The molecule has 0 aromatic heterocycles. The van der Waals surface area contributed by atoms with Crippen LogP contribution >= 0.6 is 15.9 Å². The second kappa shape index (κ2) is 2.97. The summed E-state index contributed by atoms with van der Waals surface area (Å²) in [5.74, 6) is 0. The van der Waals surface area contributed by atoms with Crippen molar-refractivity contribution in [2.45, 2.75) is 6.92 Å². The summed E-state index contributed by atoms with van der Waals surface area (Å²) in [5.41, 5.74) is 1.01. The average molecular weight is 199 g/mol. The summed E-state index contributed by atoms with van der Waals surface area (Å²) in [5, 5.41) is 0. The Kier molecular flexibility index (Phi) is 2.22. The Hall–Kier alpha value is -0.630. The van der Waals surface area contributed by atoms with E-state index >= 15 is 0 Å². The first-order valence-electron chi connectivity index (χ1n) is 2.96. The van der Waals surface area contributed by atoms with Crippen molar-refractivity contribution in [3.63, 3.8) is 0 Å². The molecule has 1 nitrogen and oxygen atoms in total. The fourth-order valence-electron chi connectivity index (χ4n) is 0.690. The largest absolute Gasteiger partial charge is 0.289 e. The van der Waals surface area contributed by atoms with Crippen molar-refractivity contribution >= 4 is 15.9 Å². The zero-order valence-corrected chi connectivity index (χ0v) is 7.18. The van der Waals surface area contributed by atoms with E-state index in [0.717, 1.165) is 5.56 Å². The lowest BCUT2D eigenvalue weighted by Crippen LogP contribution is -1.94. The number of halogens is 1. The fourth-order valence-corrected chi connectivity index (χ4v) is 0.957.